The molecule has 0 nitrogen and oxygen atoms in total. The standard InChI is InChI=1S/C26H29BrSi/c1-6-26(7-2)24-16-19(18-8-12-21(13-9-18)28(3,4)5)10-14-22(24)23-15-11-20(27)17-25(23)26/h8-17H,6-7H2,1-5H3. The van der Waals surface area contributed by atoms with Gasteiger partial charge in [0.1, 0.15) is 0 Å². The number of benzene rings is 3. The first-order chi connectivity index (χ1) is 13.3. The summed E-state index contributed by atoms with van der Waals surface area (Å²) in [6, 6.07) is 23.2. The van der Waals surface area contributed by atoms with Crippen LogP contribution in [0.15, 0.2) is 65.1 Å². The van der Waals surface area contributed by atoms with Gasteiger partial charge in [-0.25, -0.2) is 0 Å². The van der Waals surface area contributed by atoms with E-state index in [1.54, 1.807) is 0 Å². The highest BCUT2D eigenvalue weighted by molar-refractivity contribution is 9.10. The molecule has 0 fully saturated rings. The molecular weight excluding hydrogens is 420 g/mol. The van der Waals surface area contributed by atoms with Crippen LogP contribution in [0, 0.1) is 0 Å². The second-order valence-electron chi connectivity index (χ2n) is 9.07. The second kappa shape index (κ2) is 7.00. The Kier molecular flexibility index (Phi) is 4.92. The van der Waals surface area contributed by atoms with Crippen molar-refractivity contribution in [3.63, 3.8) is 0 Å². The molecule has 0 aromatic heterocycles. The van der Waals surface area contributed by atoms with E-state index in [2.05, 4.69) is 110 Å². The fourth-order valence-corrected chi connectivity index (χ4v) is 6.35. The average molecular weight is 450 g/mol. The van der Waals surface area contributed by atoms with Gasteiger partial charge < -0.3 is 0 Å². The molecule has 0 atom stereocenters. The molecule has 0 saturated heterocycles. The summed E-state index contributed by atoms with van der Waals surface area (Å²) in [6.45, 7) is 11.9. The van der Waals surface area contributed by atoms with E-state index in [1.807, 2.05) is 0 Å². The number of halogens is 1. The quantitative estimate of drug-likeness (QED) is 0.357. The molecule has 4 rings (SSSR count). The Morgan fingerprint density at radius 3 is 1.82 bits per heavy atom. The maximum absolute atomic E-state index is 3.70. The molecule has 2 heteroatoms. The minimum atomic E-state index is -1.26. The van der Waals surface area contributed by atoms with Gasteiger partial charge in [-0.3, -0.25) is 0 Å². The van der Waals surface area contributed by atoms with Crippen molar-refractivity contribution in [3.8, 4) is 22.3 Å². The summed E-state index contributed by atoms with van der Waals surface area (Å²) < 4.78 is 1.17. The molecule has 3 aromatic carbocycles. The molecule has 1 aliphatic carbocycles. The zero-order chi connectivity index (χ0) is 20.1. The lowest BCUT2D eigenvalue weighted by Gasteiger charge is -2.30. The molecule has 0 saturated carbocycles. The highest BCUT2D eigenvalue weighted by Crippen LogP contribution is 2.53. The Balaban J connectivity index is 1.85. The van der Waals surface area contributed by atoms with Crippen molar-refractivity contribution in [3.05, 3.63) is 76.3 Å². The Morgan fingerprint density at radius 2 is 1.25 bits per heavy atom. The van der Waals surface area contributed by atoms with Gasteiger partial charge in [0.05, 0.1) is 8.07 Å². The zero-order valence-corrected chi connectivity index (χ0v) is 20.2. The van der Waals surface area contributed by atoms with Gasteiger partial charge in [-0.2, -0.15) is 0 Å². The van der Waals surface area contributed by atoms with Crippen LogP contribution in [0.2, 0.25) is 19.6 Å². The largest absolute Gasteiger partial charge is 0.0775 e. The summed E-state index contributed by atoms with van der Waals surface area (Å²) in [6.07, 6.45) is 2.25. The molecule has 0 aliphatic heterocycles. The summed E-state index contributed by atoms with van der Waals surface area (Å²) in [5, 5.41) is 1.52. The maximum Gasteiger partial charge on any atom is 0.0775 e. The smallest absolute Gasteiger partial charge is 0.0656 e. The van der Waals surface area contributed by atoms with E-state index in [-0.39, 0.29) is 5.41 Å². The molecule has 0 amide bonds. The highest BCUT2D eigenvalue weighted by Gasteiger charge is 2.40. The first-order valence-corrected chi connectivity index (χ1v) is 14.7. The third kappa shape index (κ3) is 3.02. The fourth-order valence-electron chi connectivity index (χ4n) is 4.82. The molecular formula is C26H29BrSi. The van der Waals surface area contributed by atoms with Crippen molar-refractivity contribution in [1.29, 1.82) is 0 Å². The summed E-state index contributed by atoms with van der Waals surface area (Å²) in [5.41, 5.74) is 8.56. The molecule has 1 aliphatic rings. The van der Waals surface area contributed by atoms with Gasteiger partial charge >= 0.3 is 0 Å². The molecule has 0 unspecified atom stereocenters. The topological polar surface area (TPSA) is 0 Å². The zero-order valence-electron chi connectivity index (χ0n) is 17.6. The van der Waals surface area contributed by atoms with Crippen LogP contribution in [0.4, 0.5) is 0 Å². The third-order valence-electron chi connectivity index (χ3n) is 6.61. The first kappa shape index (κ1) is 19.7. The lowest BCUT2D eigenvalue weighted by atomic mass is 9.73. The van der Waals surface area contributed by atoms with Crippen molar-refractivity contribution in [1.82, 2.24) is 0 Å². The maximum atomic E-state index is 3.70. The Bertz CT molecular complexity index is 1020. The predicted molar refractivity (Wildman–Crippen MR) is 129 cm³/mol. The molecule has 28 heavy (non-hydrogen) atoms. The molecule has 0 heterocycles. The van der Waals surface area contributed by atoms with E-state index in [0.717, 1.165) is 12.8 Å². The average Bonchev–Trinajstić information content (AvgIpc) is 2.96. The van der Waals surface area contributed by atoms with Crippen molar-refractivity contribution in [2.45, 2.75) is 51.7 Å². The van der Waals surface area contributed by atoms with Crippen LogP contribution in [0.1, 0.15) is 37.8 Å². The van der Waals surface area contributed by atoms with Gasteiger partial charge in [-0.05, 0) is 64.4 Å². The first-order valence-electron chi connectivity index (χ1n) is 10.4. The van der Waals surface area contributed by atoms with Crippen LogP contribution in [0.5, 0.6) is 0 Å². The minimum Gasteiger partial charge on any atom is -0.0656 e. The Labute approximate surface area is 179 Å². The molecule has 0 N–H and O–H groups in total. The summed E-state index contributed by atoms with van der Waals surface area (Å²) in [4.78, 5) is 0. The van der Waals surface area contributed by atoms with Crippen LogP contribution in [-0.2, 0) is 5.41 Å². The normalized spacial score (nSPS) is 14.6. The summed E-state index contributed by atoms with van der Waals surface area (Å²) >= 11 is 3.70. The van der Waals surface area contributed by atoms with Gasteiger partial charge in [-0.15, -0.1) is 0 Å². The van der Waals surface area contributed by atoms with E-state index in [4.69, 9.17) is 0 Å². The predicted octanol–water partition coefficient (Wildman–Crippen LogP) is 7.75. The SMILES string of the molecule is CCC1(CC)c2cc(Br)ccc2-c2ccc(-c3ccc([Si](C)(C)C)cc3)cc21. The van der Waals surface area contributed by atoms with E-state index in [9.17, 15) is 0 Å². The number of hydrogen-bond donors (Lipinski definition) is 0. The fraction of sp³-hybridized carbons (Fsp3) is 0.308. The summed E-state index contributed by atoms with van der Waals surface area (Å²) in [7, 11) is -1.26. The van der Waals surface area contributed by atoms with Crippen LogP contribution < -0.4 is 5.19 Å². The lowest BCUT2D eigenvalue weighted by molar-refractivity contribution is 0.490. The lowest BCUT2D eigenvalue weighted by Crippen LogP contribution is -2.37. The Hall–Kier alpha value is -1.64. The van der Waals surface area contributed by atoms with Crippen LogP contribution in [-0.4, -0.2) is 8.07 Å². The molecule has 0 spiro atoms. The Morgan fingerprint density at radius 1 is 0.714 bits per heavy atom. The van der Waals surface area contributed by atoms with E-state index < -0.39 is 8.07 Å². The highest BCUT2D eigenvalue weighted by atomic mass is 79.9. The molecule has 3 aromatic rings. The number of fused-ring (bicyclic) bond motifs is 3. The van der Waals surface area contributed by atoms with Crippen molar-refractivity contribution >= 4 is 29.2 Å². The second-order valence-corrected chi connectivity index (χ2v) is 15.1. The van der Waals surface area contributed by atoms with Gasteiger partial charge in [0.2, 0.25) is 0 Å². The van der Waals surface area contributed by atoms with E-state index in [0.29, 0.717) is 0 Å². The van der Waals surface area contributed by atoms with Gasteiger partial charge in [0, 0.05) is 9.89 Å². The molecule has 0 bridgehead atoms. The van der Waals surface area contributed by atoms with Gasteiger partial charge in [0.25, 0.3) is 0 Å². The third-order valence-corrected chi connectivity index (χ3v) is 9.17. The number of rotatable bonds is 4. The monoisotopic (exact) mass is 448 g/mol. The summed E-state index contributed by atoms with van der Waals surface area (Å²) in [5.74, 6) is 0. The van der Waals surface area contributed by atoms with Crippen molar-refractivity contribution in [2.24, 2.45) is 0 Å². The van der Waals surface area contributed by atoms with Crippen LogP contribution in [0.3, 0.4) is 0 Å². The molecule has 0 radical (unpaired) electrons. The van der Waals surface area contributed by atoms with E-state index in [1.165, 1.54) is 43.0 Å². The molecule has 144 valence electrons. The van der Waals surface area contributed by atoms with E-state index >= 15 is 0 Å². The van der Waals surface area contributed by atoms with Crippen LogP contribution >= 0.6 is 15.9 Å². The number of hydrogen-bond acceptors (Lipinski definition) is 0. The van der Waals surface area contributed by atoms with Crippen molar-refractivity contribution in [2.75, 3.05) is 0 Å². The van der Waals surface area contributed by atoms with Gasteiger partial charge in [-0.1, -0.05) is 97.1 Å². The van der Waals surface area contributed by atoms with Crippen LogP contribution in [0.25, 0.3) is 22.3 Å². The minimum absolute atomic E-state index is 0.114. The van der Waals surface area contributed by atoms with Gasteiger partial charge in [0.15, 0.2) is 0 Å². The van der Waals surface area contributed by atoms with Crippen molar-refractivity contribution < 1.29 is 0 Å².